The van der Waals surface area contributed by atoms with Gasteiger partial charge in [-0.2, -0.15) is 5.10 Å². The second kappa shape index (κ2) is 8.09. The van der Waals surface area contributed by atoms with E-state index in [9.17, 15) is 13.2 Å². The van der Waals surface area contributed by atoms with Gasteiger partial charge in [-0.3, -0.25) is 14.5 Å². The number of amides is 1. The maximum Gasteiger partial charge on any atom is 0.253 e. The molecular formula is C22H26N6O3S. The van der Waals surface area contributed by atoms with Crippen LogP contribution in [0.15, 0.2) is 42.7 Å². The van der Waals surface area contributed by atoms with Crippen LogP contribution < -0.4 is 14.9 Å². The van der Waals surface area contributed by atoms with E-state index in [1.165, 1.54) is 19.0 Å². The third-order valence-electron chi connectivity index (χ3n) is 6.03. The second-order valence-corrected chi connectivity index (χ2v) is 10.5. The molecule has 1 aliphatic carbocycles. The third kappa shape index (κ3) is 4.27. The highest BCUT2D eigenvalue weighted by atomic mass is 32.2. The van der Waals surface area contributed by atoms with Gasteiger partial charge >= 0.3 is 0 Å². The number of hydrogen-bond donors (Lipinski definition) is 2. The quantitative estimate of drug-likeness (QED) is 0.568. The minimum absolute atomic E-state index is 0.186. The minimum atomic E-state index is -3.34. The van der Waals surface area contributed by atoms with Crippen LogP contribution >= 0.6 is 0 Å². The molecule has 3 aromatic heterocycles. The van der Waals surface area contributed by atoms with E-state index in [0.717, 1.165) is 17.9 Å². The monoisotopic (exact) mass is 454 g/mol. The SMILES string of the molecule is C[C@H]1CCCN1c1cc2ccc(C(=O)NCc3cc(NS(=O)(=O)C4CC4)ccn3)cn2n1. The molecule has 168 valence electrons. The fourth-order valence-electron chi connectivity index (χ4n) is 4.06. The molecule has 0 spiro atoms. The molecule has 0 aromatic carbocycles. The van der Waals surface area contributed by atoms with Crippen LogP contribution in [0, 0.1) is 0 Å². The number of pyridine rings is 2. The van der Waals surface area contributed by atoms with E-state index in [1.54, 1.807) is 28.9 Å². The minimum Gasteiger partial charge on any atom is -0.352 e. The van der Waals surface area contributed by atoms with Gasteiger partial charge in [-0.1, -0.05) is 0 Å². The van der Waals surface area contributed by atoms with Crippen LogP contribution in [-0.4, -0.2) is 46.8 Å². The van der Waals surface area contributed by atoms with Crippen molar-refractivity contribution >= 4 is 33.0 Å². The molecule has 0 unspecified atom stereocenters. The largest absolute Gasteiger partial charge is 0.352 e. The Morgan fingerprint density at radius 3 is 2.78 bits per heavy atom. The van der Waals surface area contributed by atoms with Gasteiger partial charge in [0.05, 0.1) is 34.3 Å². The maximum atomic E-state index is 12.7. The first kappa shape index (κ1) is 20.7. The van der Waals surface area contributed by atoms with Crippen LogP contribution in [-0.2, 0) is 16.6 Å². The molecule has 0 radical (unpaired) electrons. The van der Waals surface area contributed by atoms with Crippen molar-refractivity contribution in [3.63, 3.8) is 0 Å². The van der Waals surface area contributed by atoms with Crippen molar-refractivity contribution in [1.29, 1.82) is 0 Å². The van der Waals surface area contributed by atoms with Gasteiger partial charge in [-0.05, 0) is 56.9 Å². The summed E-state index contributed by atoms with van der Waals surface area (Å²) in [4.78, 5) is 19.2. The zero-order chi connectivity index (χ0) is 22.3. The van der Waals surface area contributed by atoms with E-state index >= 15 is 0 Å². The van der Waals surface area contributed by atoms with E-state index in [1.807, 2.05) is 12.1 Å². The van der Waals surface area contributed by atoms with Crippen LogP contribution in [0.25, 0.3) is 5.52 Å². The average Bonchev–Trinajstić information content (AvgIpc) is 3.43. The molecule has 1 amide bonds. The number of rotatable bonds is 7. The maximum absolute atomic E-state index is 12.7. The second-order valence-electron chi connectivity index (χ2n) is 8.54. The molecule has 1 saturated heterocycles. The summed E-state index contributed by atoms with van der Waals surface area (Å²) < 4.78 is 28.6. The van der Waals surface area contributed by atoms with Gasteiger partial charge in [0.2, 0.25) is 10.0 Å². The number of carbonyl (C=O) groups is 1. The topological polar surface area (TPSA) is 109 Å². The smallest absolute Gasteiger partial charge is 0.253 e. The van der Waals surface area contributed by atoms with Gasteiger partial charge in [-0.25, -0.2) is 12.9 Å². The van der Waals surface area contributed by atoms with Crippen molar-refractivity contribution in [3.8, 4) is 0 Å². The first-order valence-electron chi connectivity index (χ1n) is 10.9. The summed E-state index contributed by atoms with van der Waals surface area (Å²) in [7, 11) is -3.34. The van der Waals surface area contributed by atoms with E-state index in [4.69, 9.17) is 0 Å². The summed E-state index contributed by atoms with van der Waals surface area (Å²) in [5, 5.41) is 7.20. The Balaban J connectivity index is 1.25. The molecule has 1 saturated carbocycles. The Kier molecular flexibility index (Phi) is 5.24. The summed E-state index contributed by atoms with van der Waals surface area (Å²) in [5.74, 6) is 0.687. The highest BCUT2D eigenvalue weighted by molar-refractivity contribution is 7.93. The van der Waals surface area contributed by atoms with Crippen molar-refractivity contribution in [3.05, 3.63) is 54.0 Å². The normalized spacial score (nSPS) is 18.8. The van der Waals surface area contributed by atoms with Crippen molar-refractivity contribution in [2.45, 2.75) is 50.4 Å². The van der Waals surface area contributed by atoms with Gasteiger partial charge < -0.3 is 10.2 Å². The Labute approximate surface area is 186 Å². The van der Waals surface area contributed by atoms with Crippen LogP contribution in [0.3, 0.4) is 0 Å². The first-order valence-corrected chi connectivity index (χ1v) is 12.4. The molecule has 5 rings (SSSR count). The molecular weight excluding hydrogens is 428 g/mol. The van der Waals surface area contributed by atoms with Crippen molar-refractivity contribution in [1.82, 2.24) is 19.9 Å². The lowest BCUT2D eigenvalue weighted by atomic mass is 10.2. The Morgan fingerprint density at radius 1 is 1.19 bits per heavy atom. The Bertz CT molecular complexity index is 1270. The summed E-state index contributed by atoms with van der Waals surface area (Å²) in [6.45, 7) is 3.39. The average molecular weight is 455 g/mol. The summed E-state index contributed by atoms with van der Waals surface area (Å²) in [5.41, 5.74) is 2.46. The Hall–Kier alpha value is -3.14. The molecule has 9 nitrogen and oxygen atoms in total. The summed E-state index contributed by atoms with van der Waals surface area (Å²) in [6, 6.07) is 9.42. The van der Waals surface area contributed by atoms with E-state index in [2.05, 4.69) is 31.9 Å². The number of hydrogen-bond acceptors (Lipinski definition) is 6. The predicted molar refractivity (Wildman–Crippen MR) is 122 cm³/mol. The van der Waals surface area contributed by atoms with Gasteiger partial charge in [0, 0.05) is 31.0 Å². The first-order chi connectivity index (χ1) is 15.4. The van der Waals surface area contributed by atoms with E-state index in [-0.39, 0.29) is 17.7 Å². The Morgan fingerprint density at radius 2 is 2.03 bits per heavy atom. The molecule has 2 N–H and O–H groups in total. The van der Waals surface area contributed by atoms with E-state index < -0.39 is 10.0 Å². The van der Waals surface area contributed by atoms with Crippen molar-refractivity contribution in [2.75, 3.05) is 16.2 Å². The predicted octanol–water partition coefficient (Wildman–Crippen LogP) is 2.55. The molecule has 1 atom stereocenters. The highest BCUT2D eigenvalue weighted by Gasteiger charge is 2.35. The molecule has 10 heteroatoms. The van der Waals surface area contributed by atoms with Crippen molar-refractivity contribution < 1.29 is 13.2 Å². The lowest BCUT2D eigenvalue weighted by molar-refractivity contribution is 0.0950. The number of carbonyl (C=O) groups excluding carboxylic acids is 1. The third-order valence-corrected chi connectivity index (χ3v) is 7.90. The van der Waals surface area contributed by atoms with Gasteiger partial charge in [0.15, 0.2) is 5.82 Å². The number of anilines is 2. The lowest BCUT2D eigenvalue weighted by Gasteiger charge is -2.20. The number of nitrogens with zero attached hydrogens (tertiary/aromatic N) is 4. The summed E-state index contributed by atoms with van der Waals surface area (Å²) >= 11 is 0. The van der Waals surface area contributed by atoms with Gasteiger partial charge in [0.25, 0.3) is 5.91 Å². The van der Waals surface area contributed by atoms with Crippen LogP contribution in [0.4, 0.5) is 11.5 Å². The molecule has 1 aliphatic heterocycles. The van der Waals surface area contributed by atoms with Crippen LogP contribution in [0.1, 0.15) is 48.7 Å². The van der Waals surface area contributed by atoms with E-state index in [0.29, 0.717) is 35.8 Å². The lowest BCUT2D eigenvalue weighted by Crippen LogP contribution is -2.26. The standard InChI is InChI=1S/C22H26N6O3S/c1-15-3-2-10-27(15)21-12-19-5-4-16(14-28(19)25-21)22(29)24-13-18-11-17(8-9-23-18)26-32(30,31)20-6-7-20/h4-5,8-9,11-12,14-15,20H,2-3,6-7,10,13H2,1H3,(H,23,26)(H,24,29)/t15-/m0/s1. The fourth-order valence-corrected chi connectivity index (χ4v) is 5.44. The van der Waals surface area contributed by atoms with Gasteiger partial charge in [0.1, 0.15) is 0 Å². The van der Waals surface area contributed by atoms with Gasteiger partial charge in [-0.15, -0.1) is 0 Å². The number of sulfonamides is 1. The molecule has 3 aromatic rings. The van der Waals surface area contributed by atoms with Crippen LogP contribution in [0.2, 0.25) is 0 Å². The van der Waals surface area contributed by atoms with Crippen LogP contribution in [0.5, 0.6) is 0 Å². The molecule has 32 heavy (non-hydrogen) atoms. The van der Waals surface area contributed by atoms with Crippen molar-refractivity contribution in [2.24, 2.45) is 0 Å². The highest BCUT2D eigenvalue weighted by Crippen LogP contribution is 2.29. The zero-order valence-electron chi connectivity index (χ0n) is 17.9. The molecule has 4 heterocycles. The molecule has 0 bridgehead atoms. The number of fused-ring (bicyclic) bond motifs is 1. The summed E-state index contributed by atoms with van der Waals surface area (Å²) in [6.07, 6.45) is 6.98. The number of aromatic nitrogens is 3. The molecule has 2 aliphatic rings. The number of nitrogens with one attached hydrogen (secondary N) is 2. The fraction of sp³-hybridized carbons (Fsp3) is 0.409. The molecule has 2 fully saturated rings. The zero-order valence-corrected chi connectivity index (χ0v) is 18.7.